The van der Waals surface area contributed by atoms with Gasteiger partial charge in [0.1, 0.15) is 6.07 Å². The van der Waals surface area contributed by atoms with Crippen molar-refractivity contribution in [2.24, 2.45) is 0 Å². The van der Waals surface area contributed by atoms with Crippen molar-refractivity contribution < 1.29 is 6.85 Å². The van der Waals surface area contributed by atoms with Crippen LogP contribution in [0.25, 0.3) is 127 Å². The number of benzene rings is 15. The Labute approximate surface area is 675 Å². The van der Waals surface area contributed by atoms with Gasteiger partial charge in [-0.1, -0.05) is 271 Å². The highest BCUT2D eigenvalue weighted by Crippen LogP contribution is 2.51. The molecule has 0 saturated heterocycles. The first-order chi connectivity index (χ1) is 57.1. The monoisotopic (exact) mass is 1470 g/mol. The number of hydrogen-bond donors (Lipinski definition) is 0. The molecule has 2 aliphatic heterocycles. The molecule has 550 valence electrons. The minimum absolute atomic E-state index is 0.0944. The minimum Gasteiger partial charge on any atom is -0.311 e. The zero-order chi connectivity index (χ0) is 82.4. The van der Waals surface area contributed by atoms with Crippen LogP contribution in [-0.4, -0.2) is 20.4 Å². The van der Waals surface area contributed by atoms with Gasteiger partial charge in [0, 0.05) is 72.1 Å². The third kappa shape index (κ3) is 11.4. The predicted octanol–water partition coefficient (Wildman–Crippen LogP) is 26.8. The smallest absolute Gasteiger partial charge is 0.252 e. The summed E-state index contributed by atoms with van der Waals surface area (Å²) >= 11 is 0. The van der Waals surface area contributed by atoms with Crippen LogP contribution in [0.15, 0.2) is 321 Å². The first-order valence-electron chi connectivity index (χ1n) is 42.3. The lowest BCUT2D eigenvalue weighted by atomic mass is 9.33. The summed E-state index contributed by atoms with van der Waals surface area (Å²) in [4.78, 5) is 4.88. The molecule has 0 radical (unpaired) electrons. The maximum Gasteiger partial charge on any atom is 0.252 e. The fourth-order valence-corrected chi connectivity index (χ4v) is 18.1. The molecule has 0 N–H and O–H groups in total. The van der Waals surface area contributed by atoms with Gasteiger partial charge in [-0.25, -0.2) is 0 Å². The second-order valence-electron chi connectivity index (χ2n) is 35.4. The van der Waals surface area contributed by atoms with Crippen LogP contribution in [0.3, 0.4) is 0 Å². The van der Waals surface area contributed by atoms with Gasteiger partial charge in [-0.15, -0.1) is 0 Å². The summed E-state index contributed by atoms with van der Waals surface area (Å²) in [6.45, 7) is 26.9. The van der Waals surface area contributed by atoms with Crippen molar-refractivity contribution in [3.05, 3.63) is 349 Å². The average Bonchev–Trinajstić information content (AvgIpc) is 1.26. The summed E-state index contributed by atoms with van der Waals surface area (Å²) < 4.78 is 53.9. The number of fused-ring (bicyclic) bond motifs is 13. The van der Waals surface area contributed by atoms with Gasteiger partial charge in [0.05, 0.1) is 56.9 Å². The molecule has 20 rings (SSSR count). The lowest BCUT2D eigenvalue weighted by Crippen LogP contribution is -2.61. The van der Waals surface area contributed by atoms with E-state index in [9.17, 15) is 10.7 Å². The number of aromatic nitrogens is 3. The lowest BCUT2D eigenvalue weighted by molar-refractivity contribution is 0.590. The number of nitriles is 1. The van der Waals surface area contributed by atoms with Crippen LogP contribution in [0, 0.1) is 11.3 Å². The highest BCUT2D eigenvalue weighted by atomic mass is 15.2. The lowest BCUT2D eigenvalue weighted by Gasteiger charge is -2.45. The third-order valence-electron chi connectivity index (χ3n) is 24.1. The Morgan fingerprint density at radius 1 is 0.272 bits per heavy atom. The predicted molar refractivity (Wildman–Crippen MR) is 485 cm³/mol. The maximum absolute atomic E-state index is 11.7. The standard InChI is InChI=1S/C107H89BN6/c1-104(2,3)76-40-49-93-86(58-76)87-59-77(105(4,5)6)41-50-94(87)110(93)81-45-47-91-100(63-81)113(82-54-74(69-31-21-15-22-32-69)53-75(55-82)70-33-23-16-24-34-70)102-65-83(112-95-51-42-78(106(7,8)9)60-88(95)89-61-79(107(10,11)12)43-52-96(89)112)64-101-103(102)108(91)90-46-38-72(68-29-19-14-20-30-68)57-99(90)111(101)80-44-37-73(66-109)98(62-80)114-92-36-26-25-35-84(92)85-56-71(39-48-97(85)114)67-27-17-13-18-28-67/h13-65H,1-12H3/i14D,19D,20D,29D,30D. The molecule has 0 saturated carbocycles. The molecule has 5 heterocycles. The minimum atomic E-state index is -0.502. The van der Waals surface area contributed by atoms with E-state index in [2.05, 4.69) is 386 Å². The summed E-state index contributed by atoms with van der Waals surface area (Å²) in [5.74, 6) is 0. The van der Waals surface area contributed by atoms with Crippen LogP contribution in [0.1, 0.15) is 118 Å². The topological polar surface area (TPSA) is 45.1 Å². The van der Waals surface area contributed by atoms with Crippen molar-refractivity contribution in [2.75, 3.05) is 9.80 Å². The van der Waals surface area contributed by atoms with Crippen molar-refractivity contribution in [3.8, 4) is 67.6 Å². The Bertz CT molecular complexity index is 7130. The van der Waals surface area contributed by atoms with E-state index in [0.29, 0.717) is 16.8 Å². The zero-order valence-electron chi connectivity index (χ0n) is 71.5. The molecule has 7 heteroatoms. The van der Waals surface area contributed by atoms with E-state index in [4.69, 9.17) is 1.37 Å². The highest BCUT2D eigenvalue weighted by molar-refractivity contribution is 7.00. The van der Waals surface area contributed by atoms with Crippen LogP contribution < -0.4 is 26.2 Å². The molecule has 2 aliphatic rings. The number of nitrogens with zero attached hydrogens (tertiary/aromatic N) is 6. The van der Waals surface area contributed by atoms with E-state index in [1.807, 2.05) is 18.2 Å². The number of hydrogen-bond acceptors (Lipinski definition) is 3. The first-order valence-corrected chi connectivity index (χ1v) is 39.8. The van der Waals surface area contributed by atoms with Gasteiger partial charge in [-0.3, -0.25) is 0 Å². The Hall–Kier alpha value is -13.1. The van der Waals surface area contributed by atoms with Crippen LogP contribution in [0.4, 0.5) is 34.1 Å². The second-order valence-corrected chi connectivity index (χ2v) is 35.4. The van der Waals surface area contributed by atoms with Gasteiger partial charge in [0.25, 0.3) is 6.71 Å². The molecular formula is C107H89BN6. The van der Waals surface area contributed by atoms with Gasteiger partial charge in [-0.05, 0) is 238 Å². The van der Waals surface area contributed by atoms with Gasteiger partial charge >= 0.3 is 0 Å². The van der Waals surface area contributed by atoms with E-state index in [0.717, 1.165) is 150 Å². The fraction of sp³-hybridized carbons (Fsp3) is 0.150. The average molecular weight is 1470 g/mol. The van der Waals surface area contributed by atoms with Crippen LogP contribution in [0.2, 0.25) is 0 Å². The quantitative estimate of drug-likeness (QED) is 0.135. The Morgan fingerprint density at radius 3 is 1.17 bits per heavy atom. The summed E-state index contributed by atoms with van der Waals surface area (Å²) in [7, 11) is 0. The van der Waals surface area contributed by atoms with Gasteiger partial charge in [-0.2, -0.15) is 5.26 Å². The molecule has 0 fully saturated rings. The Morgan fingerprint density at radius 2 is 0.658 bits per heavy atom. The van der Waals surface area contributed by atoms with Crippen LogP contribution in [-0.2, 0) is 21.7 Å². The highest BCUT2D eigenvalue weighted by Gasteiger charge is 2.45. The van der Waals surface area contributed by atoms with Crippen molar-refractivity contribution in [1.82, 2.24) is 13.7 Å². The van der Waals surface area contributed by atoms with E-state index in [1.54, 1.807) is 0 Å². The molecule has 0 unspecified atom stereocenters. The number of anilines is 6. The third-order valence-corrected chi connectivity index (χ3v) is 24.1. The molecule has 0 aliphatic carbocycles. The van der Waals surface area contributed by atoms with Crippen LogP contribution in [0.5, 0.6) is 0 Å². The van der Waals surface area contributed by atoms with Crippen molar-refractivity contribution >= 4 is 123 Å². The first kappa shape index (κ1) is 64.5. The molecule has 15 aromatic carbocycles. The van der Waals surface area contributed by atoms with E-state index in [1.165, 1.54) is 33.0 Å². The zero-order valence-corrected chi connectivity index (χ0v) is 66.5. The summed E-state index contributed by atoms with van der Waals surface area (Å²) in [5.41, 5.74) is 28.6. The maximum atomic E-state index is 11.7. The van der Waals surface area contributed by atoms with Crippen LogP contribution >= 0.6 is 0 Å². The molecular weight excluding hydrogens is 1380 g/mol. The van der Waals surface area contributed by atoms with Crippen molar-refractivity contribution in [2.45, 2.75) is 105 Å². The van der Waals surface area contributed by atoms with Gasteiger partial charge in [0.2, 0.25) is 0 Å². The molecule has 3 aromatic heterocycles. The molecule has 0 amide bonds. The van der Waals surface area contributed by atoms with E-state index < -0.39 is 24.8 Å². The normalized spacial score (nSPS) is 13.6. The van der Waals surface area contributed by atoms with Gasteiger partial charge in [0.15, 0.2) is 0 Å². The molecule has 0 atom stereocenters. The molecule has 18 aromatic rings. The Balaban J connectivity index is 0.951. The SMILES string of the molecule is [2H]c1c([2H])c([2H])c(-c2ccc3c(c2)N(c2ccc(C#N)c(-n4c5ccccc5c5cc(-c6ccccc6)ccc54)c2)c2cc(-n4c5ccc(C(C)(C)C)cc5c5cc(C(C)(C)C)ccc54)cc4c2B3c2ccc(-n3c5ccc(C(C)(C)C)cc5c5cc(C(C)(C)C)ccc53)cc2N4c2cc(-c3ccccc3)cc(-c3ccccc3)c2)c([2H])c1[2H]. The van der Waals surface area contributed by atoms with Crippen molar-refractivity contribution in [1.29, 1.82) is 5.26 Å². The van der Waals surface area contributed by atoms with E-state index in [-0.39, 0.29) is 39.3 Å². The molecule has 0 bridgehead atoms. The van der Waals surface area contributed by atoms with Crippen molar-refractivity contribution in [3.63, 3.8) is 0 Å². The molecule has 114 heavy (non-hydrogen) atoms. The fourth-order valence-electron chi connectivity index (χ4n) is 18.1. The second kappa shape index (κ2) is 26.0. The van der Waals surface area contributed by atoms with E-state index >= 15 is 0 Å². The van der Waals surface area contributed by atoms with Gasteiger partial charge < -0.3 is 23.5 Å². The largest absolute Gasteiger partial charge is 0.311 e. The number of para-hydroxylation sites is 1. The summed E-state index contributed by atoms with van der Waals surface area (Å²) in [5, 5.41) is 18.4. The number of rotatable bonds is 9. The summed E-state index contributed by atoms with van der Waals surface area (Å²) in [6.07, 6.45) is 0. The molecule has 0 spiro atoms. The summed E-state index contributed by atoms with van der Waals surface area (Å²) in [6, 6.07) is 107. The molecule has 6 nitrogen and oxygen atoms in total. The Kier molecular flexibility index (Phi) is 14.7.